The van der Waals surface area contributed by atoms with E-state index < -0.39 is 0 Å². The highest BCUT2D eigenvalue weighted by molar-refractivity contribution is 5.81. The van der Waals surface area contributed by atoms with Gasteiger partial charge in [-0.2, -0.15) is 0 Å². The molecule has 0 saturated heterocycles. The maximum atomic E-state index is 12.0. The maximum Gasteiger partial charge on any atom is 0.258 e. The van der Waals surface area contributed by atoms with Gasteiger partial charge in [0.05, 0.1) is 23.5 Å². The molecule has 6 nitrogen and oxygen atoms in total. The van der Waals surface area contributed by atoms with E-state index in [0.29, 0.717) is 29.8 Å². The van der Waals surface area contributed by atoms with Crippen molar-refractivity contribution in [3.05, 3.63) is 53.1 Å². The summed E-state index contributed by atoms with van der Waals surface area (Å²) in [7, 11) is 1.81. The predicted octanol–water partition coefficient (Wildman–Crippen LogP) is 1.05. The lowest BCUT2D eigenvalue weighted by atomic mass is 10.2. The molecule has 116 valence electrons. The summed E-state index contributed by atoms with van der Waals surface area (Å²) in [4.78, 5) is 33.0. The third-order valence-corrected chi connectivity index (χ3v) is 3.52. The van der Waals surface area contributed by atoms with E-state index in [1.165, 1.54) is 0 Å². The summed E-state index contributed by atoms with van der Waals surface area (Å²) in [5.74, 6) is 0.445. The first-order valence-electron chi connectivity index (χ1n) is 7.09. The number of aromatic amines is 1. The second-order valence-electron chi connectivity index (χ2n) is 5.15. The van der Waals surface area contributed by atoms with Crippen molar-refractivity contribution in [3.63, 3.8) is 0 Å². The second kappa shape index (κ2) is 7.00. The highest BCUT2D eigenvalue weighted by Gasteiger charge is 2.18. The van der Waals surface area contributed by atoms with Crippen LogP contribution in [0.25, 0.3) is 10.9 Å². The van der Waals surface area contributed by atoms with Crippen LogP contribution < -0.4 is 10.9 Å². The molecule has 0 aliphatic heterocycles. The molecule has 1 atom stereocenters. The molecule has 1 unspecified atom stereocenters. The van der Waals surface area contributed by atoms with Crippen molar-refractivity contribution < 1.29 is 4.79 Å². The summed E-state index contributed by atoms with van der Waals surface area (Å²) in [6, 6.07) is 6.84. The fraction of sp³-hybridized carbons (Fsp3) is 0.312. The van der Waals surface area contributed by atoms with Gasteiger partial charge in [0, 0.05) is 6.54 Å². The highest BCUT2D eigenvalue weighted by atomic mass is 16.2. The van der Waals surface area contributed by atoms with Crippen LogP contribution >= 0.6 is 0 Å². The monoisotopic (exact) mass is 300 g/mol. The smallest absolute Gasteiger partial charge is 0.258 e. The molecular formula is C16H20N4O2. The Bertz CT molecular complexity index is 738. The van der Waals surface area contributed by atoms with Gasteiger partial charge in [-0.15, -0.1) is 6.58 Å². The molecule has 0 spiro atoms. The number of nitrogens with zero attached hydrogens (tertiary/aromatic N) is 2. The SMILES string of the molecule is C=CCNC(=O)C(C)N(C)Cc1nc2ccccc2c(=O)[nH]1. The standard InChI is InChI=1S/C16H20N4O2/c1-4-9-17-15(21)11(2)20(3)10-14-18-13-8-6-5-7-12(13)16(22)19-14/h4-8,11H,1,9-10H2,2-3H3,(H,17,21)(H,18,19,22). The number of carbonyl (C=O) groups excluding carboxylic acids is 1. The van der Waals surface area contributed by atoms with Gasteiger partial charge in [-0.3, -0.25) is 14.5 Å². The van der Waals surface area contributed by atoms with Gasteiger partial charge in [0.25, 0.3) is 5.56 Å². The number of para-hydroxylation sites is 1. The molecule has 0 fully saturated rings. The minimum atomic E-state index is -0.336. The quantitative estimate of drug-likeness (QED) is 0.782. The molecule has 2 N–H and O–H groups in total. The number of amides is 1. The van der Waals surface area contributed by atoms with Gasteiger partial charge in [0.2, 0.25) is 5.91 Å². The number of hydrogen-bond donors (Lipinski definition) is 2. The molecule has 1 amide bonds. The van der Waals surface area contributed by atoms with Gasteiger partial charge in [0.15, 0.2) is 0 Å². The Morgan fingerprint density at radius 3 is 2.95 bits per heavy atom. The average Bonchev–Trinajstić information content (AvgIpc) is 2.51. The third kappa shape index (κ3) is 3.59. The number of rotatable bonds is 6. The van der Waals surface area contributed by atoms with E-state index in [-0.39, 0.29) is 17.5 Å². The number of nitrogens with one attached hydrogen (secondary N) is 2. The van der Waals surface area contributed by atoms with Crippen LogP contribution in [0.4, 0.5) is 0 Å². The second-order valence-corrected chi connectivity index (χ2v) is 5.15. The Morgan fingerprint density at radius 1 is 1.50 bits per heavy atom. The van der Waals surface area contributed by atoms with Gasteiger partial charge in [0.1, 0.15) is 5.82 Å². The van der Waals surface area contributed by atoms with Crippen LogP contribution in [-0.4, -0.2) is 40.4 Å². The molecule has 2 aromatic rings. The molecule has 0 radical (unpaired) electrons. The molecule has 1 heterocycles. The van der Waals surface area contributed by atoms with Crippen molar-refractivity contribution in [1.82, 2.24) is 20.2 Å². The van der Waals surface area contributed by atoms with Gasteiger partial charge < -0.3 is 10.3 Å². The van der Waals surface area contributed by atoms with E-state index in [1.807, 2.05) is 18.0 Å². The van der Waals surface area contributed by atoms with Crippen molar-refractivity contribution in [2.75, 3.05) is 13.6 Å². The van der Waals surface area contributed by atoms with Crippen molar-refractivity contribution in [2.24, 2.45) is 0 Å². The number of H-pyrrole nitrogens is 1. The Hall–Kier alpha value is -2.47. The summed E-state index contributed by atoms with van der Waals surface area (Å²) in [6.07, 6.45) is 1.63. The van der Waals surface area contributed by atoms with E-state index in [9.17, 15) is 9.59 Å². The first-order valence-corrected chi connectivity index (χ1v) is 7.09. The zero-order valence-corrected chi connectivity index (χ0v) is 12.8. The minimum absolute atomic E-state index is 0.0921. The normalized spacial score (nSPS) is 12.3. The van der Waals surface area contributed by atoms with Crippen molar-refractivity contribution >= 4 is 16.8 Å². The molecule has 2 rings (SSSR count). The zero-order valence-electron chi connectivity index (χ0n) is 12.8. The number of aromatic nitrogens is 2. The molecule has 6 heteroatoms. The maximum absolute atomic E-state index is 12.0. The third-order valence-electron chi connectivity index (χ3n) is 3.52. The largest absolute Gasteiger partial charge is 0.351 e. The molecule has 0 bridgehead atoms. The van der Waals surface area contributed by atoms with Crippen LogP contribution in [0.2, 0.25) is 0 Å². The summed E-state index contributed by atoms with van der Waals surface area (Å²) in [5, 5.41) is 3.31. The van der Waals surface area contributed by atoms with E-state index in [0.717, 1.165) is 0 Å². The first kappa shape index (κ1) is 15.9. The molecule has 1 aromatic heterocycles. The van der Waals surface area contributed by atoms with Crippen molar-refractivity contribution in [2.45, 2.75) is 19.5 Å². The van der Waals surface area contributed by atoms with Crippen LogP contribution in [0.15, 0.2) is 41.7 Å². The van der Waals surface area contributed by atoms with Gasteiger partial charge in [-0.1, -0.05) is 18.2 Å². The fourth-order valence-electron chi connectivity index (χ4n) is 2.10. The lowest BCUT2D eigenvalue weighted by Gasteiger charge is -2.23. The van der Waals surface area contributed by atoms with Crippen molar-refractivity contribution in [3.8, 4) is 0 Å². The number of benzene rings is 1. The lowest BCUT2D eigenvalue weighted by molar-refractivity contribution is -0.125. The van der Waals surface area contributed by atoms with Crippen LogP contribution in [0.1, 0.15) is 12.7 Å². The van der Waals surface area contributed by atoms with Crippen LogP contribution in [-0.2, 0) is 11.3 Å². The summed E-state index contributed by atoms with van der Waals surface area (Å²) in [5.41, 5.74) is 0.483. The van der Waals surface area contributed by atoms with Crippen LogP contribution in [0, 0.1) is 0 Å². The molecule has 0 saturated carbocycles. The zero-order chi connectivity index (χ0) is 16.1. The predicted molar refractivity (Wildman–Crippen MR) is 86.5 cm³/mol. The van der Waals surface area contributed by atoms with E-state index >= 15 is 0 Å². The summed E-state index contributed by atoms with van der Waals surface area (Å²) >= 11 is 0. The van der Waals surface area contributed by atoms with Crippen LogP contribution in [0.5, 0.6) is 0 Å². The number of fused-ring (bicyclic) bond motifs is 1. The molecule has 1 aromatic carbocycles. The van der Waals surface area contributed by atoms with Gasteiger partial charge >= 0.3 is 0 Å². The number of likely N-dealkylation sites (N-methyl/N-ethyl adjacent to an activating group) is 1. The Morgan fingerprint density at radius 2 is 2.23 bits per heavy atom. The number of hydrogen-bond acceptors (Lipinski definition) is 4. The molecule has 0 aliphatic rings. The summed E-state index contributed by atoms with van der Waals surface area (Å²) < 4.78 is 0. The van der Waals surface area contributed by atoms with E-state index in [1.54, 1.807) is 31.2 Å². The topological polar surface area (TPSA) is 78.1 Å². The van der Waals surface area contributed by atoms with E-state index in [4.69, 9.17) is 0 Å². The van der Waals surface area contributed by atoms with Crippen LogP contribution in [0.3, 0.4) is 0 Å². The molecular weight excluding hydrogens is 280 g/mol. The Labute approximate surface area is 128 Å². The Kier molecular flexibility index (Phi) is 5.06. The highest BCUT2D eigenvalue weighted by Crippen LogP contribution is 2.07. The Balaban J connectivity index is 2.14. The summed E-state index contributed by atoms with van der Waals surface area (Å²) in [6.45, 7) is 6.18. The van der Waals surface area contributed by atoms with Gasteiger partial charge in [-0.05, 0) is 26.1 Å². The van der Waals surface area contributed by atoms with Gasteiger partial charge in [-0.25, -0.2) is 4.98 Å². The lowest BCUT2D eigenvalue weighted by Crippen LogP contribution is -2.43. The molecule has 22 heavy (non-hydrogen) atoms. The minimum Gasteiger partial charge on any atom is -0.351 e. The van der Waals surface area contributed by atoms with Crippen molar-refractivity contribution in [1.29, 1.82) is 0 Å². The average molecular weight is 300 g/mol. The fourth-order valence-corrected chi connectivity index (χ4v) is 2.10. The number of carbonyl (C=O) groups is 1. The van der Waals surface area contributed by atoms with E-state index in [2.05, 4.69) is 21.9 Å². The molecule has 0 aliphatic carbocycles. The first-order chi connectivity index (χ1) is 10.5.